The van der Waals surface area contributed by atoms with Gasteiger partial charge in [-0.3, -0.25) is 4.90 Å². The second-order valence-electron chi connectivity index (χ2n) is 5.80. The van der Waals surface area contributed by atoms with Crippen molar-refractivity contribution in [1.82, 2.24) is 4.90 Å². The Hall–Kier alpha value is -0.800. The maximum absolute atomic E-state index is 5.72. The van der Waals surface area contributed by atoms with E-state index in [0.717, 1.165) is 24.3 Å². The number of piperidine rings is 1. The Kier molecular flexibility index (Phi) is 3.71. The van der Waals surface area contributed by atoms with Crippen molar-refractivity contribution in [3.8, 4) is 0 Å². The second-order valence-corrected chi connectivity index (χ2v) is 5.80. The summed E-state index contributed by atoms with van der Waals surface area (Å²) in [4.78, 5) is 2.68. The van der Waals surface area contributed by atoms with Crippen molar-refractivity contribution in [2.45, 2.75) is 57.7 Å². The largest absolute Gasteiger partial charge is 0.468 e. The SMILES string of the molecule is NCc1occc1CN1CCC[C@H]2CCCC[C@H]21. The number of hydrogen-bond donors (Lipinski definition) is 1. The number of fused-ring (bicyclic) bond motifs is 1. The van der Waals surface area contributed by atoms with Gasteiger partial charge in [-0.2, -0.15) is 0 Å². The van der Waals surface area contributed by atoms with Crippen LogP contribution in [-0.2, 0) is 13.1 Å². The number of nitrogens with two attached hydrogens (primary N) is 1. The summed E-state index contributed by atoms with van der Waals surface area (Å²) in [5, 5.41) is 0. The van der Waals surface area contributed by atoms with Gasteiger partial charge in [-0.1, -0.05) is 12.8 Å². The van der Waals surface area contributed by atoms with Crippen LogP contribution in [-0.4, -0.2) is 17.5 Å². The van der Waals surface area contributed by atoms with Gasteiger partial charge in [-0.25, -0.2) is 0 Å². The summed E-state index contributed by atoms with van der Waals surface area (Å²) in [7, 11) is 0. The lowest BCUT2D eigenvalue weighted by atomic mass is 9.78. The Balaban J connectivity index is 1.71. The van der Waals surface area contributed by atoms with Gasteiger partial charge >= 0.3 is 0 Å². The number of hydrogen-bond acceptors (Lipinski definition) is 3. The predicted octanol–water partition coefficient (Wildman–Crippen LogP) is 2.89. The average Bonchev–Trinajstić information content (AvgIpc) is 2.86. The molecule has 0 unspecified atom stereocenters. The van der Waals surface area contributed by atoms with Crippen molar-refractivity contribution >= 4 is 0 Å². The smallest absolute Gasteiger partial charge is 0.121 e. The standard InChI is InChI=1S/C15H24N2O/c16-10-15-13(7-9-18-15)11-17-8-3-5-12-4-1-2-6-14(12)17/h7,9,12,14H,1-6,8,10-11,16H2/t12-,14-/m1/s1. The van der Waals surface area contributed by atoms with E-state index in [1.54, 1.807) is 6.26 Å². The zero-order valence-corrected chi connectivity index (χ0v) is 11.1. The van der Waals surface area contributed by atoms with Crippen molar-refractivity contribution in [1.29, 1.82) is 0 Å². The summed E-state index contributed by atoms with van der Waals surface area (Å²) < 4.78 is 5.44. The molecule has 100 valence electrons. The number of rotatable bonds is 3. The van der Waals surface area contributed by atoms with E-state index in [-0.39, 0.29) is 0 Å². The lowest BCUT2D eigenvalue weighted by molar-refractivity contribution is 0.0543. The summed E-state index contributed by atoms with van der Waals surface area (Å²) in [6.07, 6.45) is 10.3. The van der Waals surface area contributed by atoms with Crippen LogP contribution in [0.25, 0.3) is 0 Å². The quantitative estimate of drug-likeness (QED) is 0.894. The fourth-order valence-corrected chi connectivity index (χ4v) is 3.83. The summed E-state index contributed by atoms with van der Waals surface area (Å²) in [5.41, 5.74) is 7.01. The van der Waals surface area contributed by atoms with Crippen LogP contribution in [0.3, 0.4) is 0 Å². The summed E-state index contributed by atoms with van der Waals surface area (Å²) >= 11 is 0. The molecule has 2 N–H and O–H groups in total. The van der Waals surface area contributed by atoms with Crippen LogP contribution >= 0.6 is 0 Å². The molecule has 2 fully saturated rings. The van der Waals surface area contributed by atoms with Gasteiger partial charge in [0.25, 0.3) is 0 Å². The van der Waals surface area contributed by atoms with Gasteiger partial charge in [0.05, 0.1) is 12.8 Å². The fourth-order valence-electron chi connectivity index (χ4n) is 3.83. The molecule has 3 rings (SSSR count). The third-order valence-electron chi connectivity index (χ3n) is 4.75. The Bertz CT molecular complexity index is 386. The minimum Gasteiger partial charge on any atom is -0.468 e. The van der Waals surface area contributed by atoms with Crippen molar-refractivity contribution in [2.75, 3.05) is 6.54 Å². The predicted molar refractivity (Wildman–Crippen MR) is 72.0 cm³/mol. The first-order chi connectivity index (χ1) is 8.88. The molecule has 0 radical (unpaired) electrons. The molecule has 2 aliphatic rings. The molecule has 1 aliphatic heterocycles. The topological polar surface area (TPSA) is 42.4 Å². The first-order valence-corrected chi connectivity index (χ1v) is 7.38. The highest BCUT2D eigenvalue weighted by Gasteiger charge is 2.33. The molecule has 3 heteroatoms. The maximum atomic E-state index is 5.72. The minimum atomic E-state index is 0.518. The molecule has 0 aromatic carbocycles. The molecule has 3 nitrogen and oxygen atoms in total. The van der Waals surface area contributed by atoms with E-state index in [9.17, 15) is 0 Å². The van der Waals surface area contributed by atoms with Gasteiger partial charge in [-0.05, 0) is 44.2 Å². The van der Waals surface area contributed by atoms with Crippen LogP contribution < -0.4 is 5.73 Å². The molecule has 1 saturated heterocycles. The van der Waals surface area contributed by atoms with E-state index in [1.165, 1.54) is 50.6 Å². The first kappa shape index (κ1) is 12.2. The average molecular weight is 248 g/mol. The van der Waals surface area contributed by atoms with Crippen molar-refractivity contribution < 1.29 is 4.42 Å². The zero-order valence-electron chi connectivity index (χ0n) is 11.1. The Morgan fingerprint density at radius 3 is 2.94 bits per heavy atom. The third kappa shape index (κ3) is 2.34. The Morgan fingerprint density at radius 1 is 1.22 bits per heavy atom. The summed E-state index contributed by atoms with van der Waals surface area (Å²) in [6, 6.07) is 2.90. The third-order valence-corrected chi connectivity index (χ3v) is 4.75. The Morgan fingerprint density at radius 2 is 2.06 bits per heavy atom. The minimum absolute atomic E-state index is 0.518. The van der Waals surface area contributed by atoms with Crippen LogP contribution in [0, 0.1) is 5.92 Å². The summed E-state index contributed by atoms with van der Waals surface area (Å²) in [5.74, 6) is 1.91. The van der Waals surface area contributed by atoms with Crippen molar-refractivity contribution in [3.63, 3.8) is 0 Å². The van der Waals surface area contributed by atoms with Gasteiger partial charge in [0, 0.05) is 18.2 Å². The molecule has 1 aromatic heterocycles. The molecule has 1 saturated carbocycles. The first-order valence-electron chi connectivity index (χ1n) is 7.38. The van der Waals surface area contributed by atoms with Crippen LogP contribution in [0.1, 0.15) is 49.8 Å². The zero-order chi connectivity index (χ0) is 12.4. The molecule has 0 bridgehead atoms. The molecular formula is C15H24N2O. The molecule has 1 aromatic rings. The highest BCUT2D eigenvalue weighted by Crippen LogP contribution is 2.36. The van der Waals surface area contributed by atoms with E-state index in [0.29, 0.717) is 6.54 Å². The number of likely N-dealkylation sites (tertiary alicyclic amines) is 1. The normalized spacial score (nSPS) is 29.2. The van der Waals surface area contributed by atoms with E-state index in [4.69, 9.17) is 10.2 Å². The van der Waals surface area contributed by atoms with Gasteiger partial charge in [0.15, 0.2) is 0 Å². The summed E-state index contributed by atoms with van der Waals surface area (Å²) in [6.45, 7) is 2.80. The lowest BCUT2D eigenvalue weighted by Gasteiger charge is -2.44. The molecule has 18 heavy (non-hydrogen) atoms. The van der Waals surface area contributed by atoms with Gasteiger partial charge < -0.3 is 10.2 Å². The van der Waals surface area contributed by atoms with E-state index in [1.807, 2.05) is 0 Å². The van der Waals surface area contributed by atoms with Gasteiger partial charge in [0.1, 0.15) is 5.76 Å². The molecule has 0 spiro atoms. The Labute approximate surface area is 109 Å². The molecule has 2 heterocycles. The molecular weight excluding hydrogens is 224 g/mol. The number of nitrogens with zero attached hydrogens (tertiary/aromatic N) is 1. The van der Waals surface area contributed by atoms with Crippen LogP contribution in [0.4, 0.5) is 0 Å². The van der Waals surface area contributed by atoms with E-state index < -0.39 is 0 Å². The molecule has 2 atom stereocenters. The monoisotopic (exact) mass is 248 g/mol. The second kappa shape index (κ2) is 5.45. The van der Waals surface area contributed by atoms with Crippen LogP contribution in [0.15, 0.2) is 16.7 Å². The molecule has 1 aliphatic carbocycles. The van der Waals surface area contributed by atoms with Gasteiger partial charge in [-0.15, -0.1) is 0 Å². The molecule has 0 amide bonds. The van der Waals surface area contributed by atoms with E-state index in [2.05, 4.69) is 11.0 Å². The maximum Gasteiger partial charge on any atom is 0.121 e. The van der Waals surface area contributed by atoms with Crippen molar-refractivity contribution in [3.05, 3.63) is 23.7 Å². The lowest BCUT2D eigenvalue weighted by Crippen LogP contribution is -2.46. The highest BCUT2D eigenvalue weighted by molar-refractivity contribution is 5.17. The van der Waals surface area contributed by atoms with E-state index >= 15 is 0 Å². The fraction of sp³-hybridized carbons (Fsp3) is 0.733. The van der Waals surface area contributed by atoms with Crippen LogP contribution in [0.5, 0.6) is 0 Å². The van der Waals surface area contributed by atoms with Crippen molar-refractivity contribution in [2.24, 2.45) is 11.7 Å². The van der Waals surface area contributed by atoms with Crippen LogP contribution in [0.2, 0.25) is 0 Å². The highest BCUT2D eigenvalue weighted by atomic mass is 16.3. The number of furan rings is 1. The van der Waals surface area contributed by atoms with Gasteiger partial charge in [0.2, 0.25) is 0 Å².